The normalized spacial score (nSPS) is 12.2. The number of hydrogen-bond donors (Lipinski definition) is 2. The number of rotatable bonds is 6. The van der Waals surface area contributed by atoms with Crippen molar-refractivity contribution in [2.75, 3.05) is 23.4 Å². The van der Waals surface area contributed by atoms with Crippen LogP contribution < -0.4 is 5.32 Å². The molecule has 100 valence electrons. The van der Waals surface area contributed by atoms with Crippen LogP contribution in [0.15, 0.2) is 18.2 Å². The molecule has 5 heteroatoms. The SMILES string of the molecule is Cc1cccc(C)c1NC(=O)CS(=O)CCCO. The van der Waals surface area contributed by atoms with E-state index in [0.717, 1.165) is 16.8 Å². The number of para-hydroxylation sites is 1. The van der Waals surface area contributed by atoms with Gasteiger partial charge in [-0.05, 0) is 31.4 Å². The van der Waals surface area contributed by atoms with E-state index in [1.807, 2.05) is 32.0 Å². The molecule has 1 atom stereocenters. The number of anilines is 1. The molecule has 4 nitrogen and oxygen atoms in total. The maximum absolute atomic E-state index is 11.7. The Labute approximate surface area is 110 Å². The monoisotopic (exact) mass is 269 g/mol. The van der Waals surface area contributed by atoms with E-state index < -0.39 is 10.8 Å². The molecule has 0 spiro atoms. The number of benzene rings is 1. The highest BCUT2D eigenvalue weighted by Gasteiger charge is 2.10. The lowest BCUT2D eigenvalue weighted by Crippen LogP contribution is -2.22. The molecule has 2 N–H and O–H groups in total. The quantitative estimate of drug-likeness (QED) is 0.819. The van der Waals surface area contributed by atoms with Crippen LogP contribution in [0.2, 0.25) is 0 Å². The van der Waals surface area contributed by atoms with E-state index in [2.05, 4.69) is 5.32 Å². The molecule has 1 amide bonds. The van der Waals surface area contributed by atoms with Crippen molar-refractivity contribution in [2.45, 2.75) is 20.3 Å². The van der Waals surface area contributed by atoms with Crippen LogP contribution in [0.4, 0.5) is 5.69 Å². The Morgan fingerprint density at radius 2 is 1.94 bits per heavy atom. The average molecular weight is 269 g/mol. The summed E-state index contributed by atoms with van der Waals surface area (Å²) in [6.45, 7) is 3.85. The van der Waals surface area contributed by atoms with E-state index in [4.69, 9.17) is 5.11 Å². The molecule has 0 aromatic heterocycles. The molecule has 0 bridgehead atoms. The molecule has 0 aliphatic carbocycles. The maximum Gasteiger partial charge on any atom is 0.237 e. The second-order valence-electron chi connectivity index (χ2n) is 4.18. The Hall–Kier alpha value is -1.20. The van der Waals surface area contributed by atoms with Crippen LogP contribution in [0.3, 0.4) is 0 Å². The number of aryl methyl sites for hydroxylation is 2. The van der Waals surface area contributed by atoms with Gasteiger partial charge in [-0.15, -0.1) is 0 Å². The number of aliphatic hydroxyl groups is 1. The predicted octanol–water partition coefficient (Wildman–Crippen LogP) is 1.37. The number of carbonyl (C=O) groups is 1. The molecule has 0 heterocycles. The molecule has 1 aromatic rings. The molecule has 0 radical (unpaired) electrons. The minimum Gasteiger partial charge on any atom is -0.396 e. The van der Waals surface area contributed by atoms with Gasteiger partial charge >= 0.3 is 0 Å². The zero-order valence-corrected chi connectivity index (χ0v) is 11.5. The molecule has 1 unspecified atom stereocenters. The second kappa shape index (κ2) is 7.28. The molecule has 0 fully saturated rings. The zero-order chi connectivity index (χ0) is 13.5. The summed E-state index contributed by atoms with van der Waals surface area (Å²) in [5.74, 6) is 0.0911. The first-order chi connectivity index (χ1) is 8.54. The first kappa shape index (κ1) is 14.9. The van der Waals surface area contributed by atoms with E-state index in [-0.39, 0.29) is 18.3 Å². The van der Waals surface area contributed by atoms with Crippen molar-refractivity contribution in [1.29, 1.82) is 0 Å². The van der Waals surface area contributed by atoms with Crippen molar-refractivity contribution in [3.05, 3.63) is 29.3 Å². The smallest absolute Gasteiger partial charge is 0.237 e. The standard InChI is InChI=1S/C13H19NO3S/c1-10-5-3-6-11(2)13(10)14-12(16)9-18(17)8-4-7-15/h3,5-6,15H,4,7-9H2,1-2H3,(H,14,16). The van der Waals surface area contributed by atoms with Gasteiger partial charge in [0.15, 0.2) is 0 Å². The van der Waals surface area contributed by atoms with Crippen molar-refractivity contribution >= 4 is 22.4 Å². The fourth-order valence-electron chi connectivity index (χ4n) is 1.63. The van der Waals surface area contributed by atoms with Gasteiger partial charge in [0, 0.05) is 28.8 Å². The van der Waals surface area contributed by atoms with Gasteiger partial charge in [-0.2, -0.15) is 0 Å². The summed E-state index contributed by atoms with van der Waals surface area (Å²) in [7, 11) is -1.21. The molecule has 0 aliphatic rings. The Morgan fingerprint density at radius 1 is 1.33 bits per heavy atom. The molecule has 18 heavy (non-hydrogen) atoms. The van der Waals surface area contributed by atoms with Crippen LogP contribution in [0.25, 0.3) is 0 Å². The van der Waals surface area contributed by atoms with Crippen LogP contribution >= 0.6 is 0 Å². The summed E-state index contributed by atoms with van der Waals surface area (Å²) < 4.78 is 11.5. The topological polar surface area (TPSA) is 66.4 Å². The van der Waals surface area contributed by atoms with E-state index in [1.165, 1.54) is 0 Å². The molecule has 0 aliphatic heterocycles. The van der Waals surface area contributed by atoms with Crippen LogP contribution in [0, 0.1) is 13.8 Å². The lowest BCUT2D eigenvalue weighted by atomic mass is 10.1. The van der Waals surface area contributed by atoms with Crippen molar-refractivity contribution < 1.29 is 14.1 Å². The van der Waals surface area contributed by atoms with Crippen LogP contribution in [0.1, 0.15) is 17.5 Å². The summed E-state index contributed by atoms with van der Waals surface area (Å²) >= 11 is 0. The van der Waals surface area contributed by atoms with Gasteiger partial charge in [-0.25, -0.2) is 0 Å². The third-order valence-corrected chi connectivity index (χ3v) is 3.90. The van der Waals surface area contributed by atoms with Gasteiger partial charge in [-0.1, -0.05) is 18.2 Å². The molecular formula is C13H19NO3S. The minimum absolute atomic E-state index is 0.00423. The lowest BCUT2D eigenvalue weighted by molar-refractivity contribution is -0.113. The van der Waals surface area contributed by atoms with Crippen molar-refractivity contribution in [1.82, 2.24) is 0 Å². The van der Waals surface area contributed by atoms with Crippen LogP contribution in [-0.2, 0) is 15.6 Å². The Bertz CT molecular complexity index is 426. The highest BCUT2D eigenvalue weighted by atomic mass is 32.2. The van der Waals surface area contributed by atoms with Crippen molar-refractivity contribution in [3.63, 3.8) is 0 Å². The van der Waals surface area contributed by atoms with Gasteiger partial charge in [-0.3, -0.25) is 9.00 Å². The van der Waals surface area contributed by atoms with Crippen LogP contribution in [-0.4, -0.2) is 33.3 Å². The number of amides is 1. The number of hydrogen-bond acceptors (Lipinski definition) is 3. The Morgan fingerprint density at radius 3 is 2.50 bits per heavy atom. The molecule has 0 saturated heterocycles. The fourth-order valence-corrected chi connectivity index (χ4v) is 2.59. The molecule has 1 aromatic carbocycles. The molecular weight excluding hydrogens is 250 g/mol. The predicted molar refractivity (Wildman–Crippen MR) is 74.1 cm³/mol. The molecule has 1 rings (SSSR count). The van der Waals surface area contributed by atoms with E-state index in [9.17, 15) is 9.00 Å². The van der Waals surface area contributed by atoms with E-state index in [1.54, 1.807) is 0 Å². The zero-order valence-electron chi connectivity index (χ0n) is 10.7. The second-order valence-corrected chi connectivity index (χ2v) is 5.76. The average Bonchev–Trinajstić information content (AvgIpc) is 2.31. The number of carbonyl (C=O) groups excluding carboxylic acids is 1. The van der Waals surface area contributed by atoms with Gasteiger partial charge < -0.3 is 10.4 Å². The number of nitrogens with one attached hydrogen (secondary N) is 1. The lowest BCUT2D eigenvalue weighted by Gasteiger charge is -2.11. The number of aliphatic hydroxyl groups excluding tert-OH is 1. The first-order valence-electron chi connectivity index (χ1n) is 5.86. The maximum atomic E-state index is 11.7. The van der Waals surface area contributed by atoms with Crippen molar-refractivity contribution in [3.8, 4) is 0 Å². The summed E-state index contributed by atoms with van der Waals surface area (Å²) in [4.78, 5) is 11.7. The Balaban J connectivity index is 2.57. The van der Waals surface area contributed by atoms with Gasteiger partial charge in [0.05, 0.1) is 0 Å². The summed E-state index contributed by atoms with van der Waals surface area (Å²) in [5, 5.41) is 11.4. The summed E-state index contributed by atoms with van der Waals surface area (Å²) in [6, 6.07) is 5.77. The van der Waals surface area contributed by atoms with E-state index >= 15 is 0 Å². The van der Waals surface area contributed by atoms with Crippen LogP contribution in [0.5, 0.6) is 0 Å². The fraction of sp³-hybridized carbons (Fsp3) is 0.462. The van der Waals surface area contributed by atoms with Gasteiger partial charge in [0.1, 0.15) is 5.75 Å². The third-order valence-electron chi connectivity index (χ3n) is 2.57. The largest absolute Gasteiger partial charge is 0.396 e. The first-order valence-corrected chi connectivity index (χ1v) is 7.35. The Kier molecular flexibility index (Phi) is 6.01. The molecule has 0 saturated carbocycles. The van der Waals surface area contributed by atoms with E-state index in [0.29, 0.717) is 12.2 Å². The highest BCUT2D eigenvalue weighted by Crippen LogP contribution is 2.19. The summed E-state index contributed by atoms with van der Waals surface area (Å²) in [5.41, 5.74) is 2.77. The van der Waals surface area contributed by atoms with Crippen molar-refractivity contribution in [2.24, 2.45) is 0 Å². The van der Waals surface area contributed by atoms with Gasteiger partial charge in [0.25, 0.3) is 0 Å². The highest BCUT2D eigenvalue weighted by molar-refractivity contribution is 7.85. The van der Waals surface area contributed by atoms with Gasteiger partial charge in [0.2, 0.25) is 5.91 Å². The third kappa shape index (κ3) is 4.58. The minimum atomic E-state index is -1.21. The summed E-state index contributed by atoms with van der Waals surface area (Å²) in [6.07, 6.45) is 0.462.